The minimum absolute atomic E-state index is 0.167. The largest absolute Gasteiger partial charge is 0.309 e. The van der Waals surface area contributed by atoms with E-state index >= 15 is 0 Å². The van der Waals surface area contributed by atoms with Gasteiger partial charge in [-0.05, 0) is 48.9 Å². The topological polar surface area (TPSA) is 12.0 Å². The van der Waals surface area contributed by atoms with Crippen LogP contribution in [-0.4, -0.2) is 7.05 Å². The zero-order chi connectivity index (χ0) is 14.9. The molecule has 0 aliphatic heterocycles. The fourth-order valence-corrected chi connectivity index (χ4v) is 2.50. The van der Waals surface area contributed by atoms with E-state index in [0.717, 1.165) is 23.3 Å². The highest BCUT2D eigenvalue weighted by Crippen LogP contribution is 2.31. The van der Waals surface area contributed by atoms with Crippen molar-refractivity contribution in [3.05, 3.63) is 68.7 Å². The molecule has 1 atom stereocenters. The van der Waals surface area contributed by atoms with Crippen LogP contribution in [0, 0.1) is 18.6 Å². The van der Waals surface area contributed by atoms with Crippen LogP contribution in [0.3, 0.4) is 0 Å². The fraction of sp³-hybridized carbons (Fsp3) is 0.200. The van der Waals surface area contributed by atoms with Gasteiger partial charge in [-0.2, -0.15) is 0 Å². The molecular weight excluding hydrogens is 303 g/mol. The van der Waals surface area contributed by atoms with E-state index in [1.165, 1.54) is 0 Å². The van der Waals surface area contributed by atoms with Crippen molar-refractivity contribution >= 4 is 23.2 Å². The molecule has 0 aliphatic rings. The zero-order valence-corrected chi connectivity index (χ0v) is 12.5. The second-order valence-corrected chi connectivity index (χ2v) is 5.33. The second kappa shape index (κ2) is 6.08. The first-order valence-corrected chi connectivity index (χ1v) is 6.77. The molecule has 1 N–H and O–H groups in total. The van der Waals surface area contributed by atoms with Crippen LogP contribution in [-0.2, 0) is 0 Å². The molecular formula is C15H13Cl2F2N. The van der Waals surface area contributed by atoms with E-state index < -0.39 is 11.6 Å². The minimum atomic E-state index is -0.962. The Kier molecular flexibility index (Phi) is 4.63. The lowest BCUT2D eigenvalue weighted by atomic mass is 9.97. The standard InChI is InChI=1S/C15H13Cl2F2N/c1-8-3-4-9(5-11(8)16)15(20-2)10-6-13(18)14(19)7-12(10)17/h3-7,15,20H,1-2H3. The molecule has 0 aliphatic carbocycles. The van der Waals surface area contributed by atoms with Gasteiger partial charge in [0.1, 0.15) is 0 Å². The Labute approximate surface area is 126 Å². The molecule has 5 heteroatoms. The first-order chi connectivity index (χ1) is 9.43. The smallest absolute Gasteiger partial charge is 0.160 e. The SMILES string of the molecule is CNC(c1ccc(C)c(Cl)c1)c1cc(F)c(F)cc1Cl. The van der Waals surface area contributed by atoms with Crippen molar-refractivity contribution in [3.8, 4) is 0 Å². The third-order valence-electron chi connectivity index (χ3n) is 3.17. The maximum absolute atomic E-state index is 13.4. The number of aryl methyl sites for hydroxylation is 1. The van der Waals surface area contributed by atoms with Crippen molar-refractivity contribution in [2.45, 2.75) is 13.0 Å². The van der Waals surface area contributed by atoms with Crippen LogP contribution in [0.1, 0.15) is 22.7 Å². The highest BCUT2D eigenvalue weighted by atomic mass is 35.5. The maximum atomic E-state index is 13.4. The molecule has 2 aromatic carbocycles. The monoisotopic (exact) mass is 315 g/mol. The Bertz CT molecular complexity index is 644. The number of rotatable bonds is 3. The molecule has 0 heterocycles. The number of nitrogens with one attached hydrogen (secondary N) is 1. The lowest BCUT2D eigenvalue weighted by molar-refractivity contribution is 0.505. The van der Waals surface area contributed by atoms with Crippen LogP contribution >= 0.6 is 23.2 Å². The van der Waals surface area contributed by atoms with Gasteiger partial charge in [0.05, 0.1) is 6.04 Å². The zero-order valence-electron chi connectivity index (χ0n) is 11.0. The Hall–Kier alpha value is -1.16. The normalized spacial score (nSPS) is 12.5. The second-order valence-electron chi connectivity index (χ2n) is 4.52. The molecule has 0 fully saturated rings. The summed E-state index contributed by atoms with van der Waals surface area (Å²) >= 11 is 12.1. The summed E-state index contributed by atoms with van der Waals surface area (Å²) in [6.45, 7) is 1.89. The quantitative estimate of drug-likeness (QED) is 0.795. The molecule has 0 amide bonds. The van der Waals surface area contributed by atoms with E-state index in [1.807, 2.05) is 19.1 Å². The van der Waals surface area contributed by atoms with Gasteiger partial charge in [0, 0.05) is 10.0 Å². The molecule has 2 rings (SSSR count). The molecule has 0 bridgehead atoms. The van der Waals surface area contributed by atoms with Crippen molar-refractivity contribution in [1.29, 1.82) is 0 Å². The van der Waals surface area contributed by atoms with Crippen molar-refractivity contribution in [3.63, 3.8) is 0 Å². The Morgan fingerprint density at radius 3 is 2.25 bits per heavy atom. The highest BCUT2D eigenvalue weighted by molar-refractivity contribution is 6.32. The summed E-state index contributed by atoms with van der Waals surface area (Å²) in [7, 11) is 1.72. The fourth-order valence-electron chi connectivity index (χ4n) is 2.05. The summed E-state index contributed by atoms with van der Waals surface area (Å²) in [6.07, 6.45) is 0. The molecule has 0 saturated heterocycles. The molecule has 1 unspecified atom stereocenters. The summed E-state index contributed by atoms with van der Waals surface area (Å²) in [5, 5.41) is 3.82. The molecule has 2 aromatic rings. The van der Waals surface area contributed by atoms with E-state index in [1.54, 1.807) is 13.1 Å². The third-order valence-corrected chi connectivity index (χ3v) is 3.90. The number of halogens is 4. The molecule has 0 radical (unpaired) electrons. The lowest BCUT2D eigenvalue weighted by Crippen LogP contribution is -2.18. The van der Waals surface area contributed by atoms with E-state index in [4.69, 9.17) is 23.2 Å². The van der Waals surface area contributed by atoms with Crippen molar-refractivity contribution < 1.29 is 8.78 Å². The predicted octanol–water partition coefficient (Wildman–Crippen LogP) is 4.89. The lowest BCUT2D eigenvalue weighted by Gasteiger charge is -2.19. The van der Waals surface area contributed by atoms with E-state index in [2.05, 4.69) is 5.32 Å². The van der Waals surface area contributed by atoms with E-state index in [-0.39, 0.29) is 11.1 Å². The molecule has 0 aromatic heterocycles. The molecule has 0 spiro atoms. The van der Waals surface area contributed by atoms with Crippen molar-refractivity contribution in [1.82, 2.24) is 5.32 Å². The van der Waals surface area contributed by atoms with Crippen LogP contribution in [0.4, 0.5) is 8.78 Å². The predicted molar refractivity (Wildman–Crippen MR) is 78.5 cm³/mol. The summed E-state index contributed by atoms with van der Waals surface area (Å²) in [6, 6.07) is 7.25. The van der Waals surface area contributed by atoms with Gasteiger partial charge in [0.15, 0.2) is 11.6 Å². The number of benzene rings is 2. The Morgan fingerprint density at radius 1 is 1.00 bits per heavy atom. The summed E-state index contributed by atoms with van der Waals surface area (Å²) in [4.78, 5) is 0. The van der Waals surface area contributed by atoms with Gasteiger partial charge in [-0.25, -0.2) is 8.78 Å². The molecule has 1 nitrogen and oxygen atoms in total. The third kappa shape index (κ3) is 2.95. The van der Waals surface area contributed by atoms with Gasteiger partial charge in [-0.1, -0.05) is 35.3 Å². The van der Waals surface area contributed by atoms with Gasteiger partial charge < -0.3 is 5.32 Å². The Balaban J connectivity index is 2.52. The van der Waals surface area contributed by atoms with Gasteiger partial charge in [0.2, 0.25) is 0 Å². The number of hydrogen-bond donors (Lipinski definition) is 1. The van der Waals surface area contributed by atoms with Crippen LogP contribution in [0.5, 0.6) is 0 Å². The van der Waals surface area contributed by atoms with Gasteiger partial charge in [-0.3, -0.25) is 0 Å². The maximum Gasteiger partial charge on any atom is 0.160 e. The molecule has 0 saturated carbocycles. The van der Waals surface area contributed by atoms with E-state index in [0.29, 0.717) is 10.6 Å². The van der Waals surface area contributed by atoms with E-state index in [9.17, 15) is 8.78 Å². The van der Waals surface area contributed by atoms with Crippen LogP contribution in [0.2, 0.25) is 10.0 Å². The summed E-state index contributed by atoms with van der Waals surface area (Å²) < 4.78 is 26.6. The van der Waals surface area contributed by atoms with Gasteiger partial charge in [-0.15, -0.1) is 0 Å². The minimum Gasteiger partial charge on any atom is -0.309 e. The summed E-state index contributed by atoms with van der Waals surface area (Å²) in [5.74, 6) is -1.89. The average molecular weight is 316 g/mol. The van der Waals surface area contributed by atoms with Crippen molar-refractivity contribution in [2.24, 2.45) is 0 Å². The van der Waals surface area contributed by atoms with Crippen LogP contribution in [0.15, 0.2) is 30.3 Å². The van der Waals surface area contributed by atoms with Crippen LogP contribution in [0.25, 0.3) is 0 Å². The van der Waals surface area contributed by atoms with Gasteiger partial charge >= 0.3 is 0 Å². The van der Waals surface area contributed by atoms with Crippen molar-refractivity contribution in [2.75, 3.05) is 7.05 Å². The first kappa shape index (κ1) is 15.2. The number of hydrogen-bond acceptors (Lipinski definition) is 1. The Morgan fingerprint density at radius 2 is 1.65 bits per heavy atom. The molecule has 106 valence electrons. The first-order valence-electron chi connectivity index (χ1n) is 6.01. The average Bonchev–Trinajstić information content (AvgIpc) is 2.40. The summed E-state index contributed by atoms with van der Waals surface area (Å²) in [5.41, 5.74) is 2.24. The molecule has 20 heavy (non-hydrogen) atoms. The van der Waals surface area contributed by atoms with Gasteiger partial charge in [0.25, 0.3) is 0 Å². The van der Waals surface area contributed by atoms with Crippen LogP contribution < -0.4 is 5.32 Å². The highest BCUT2D eigenvalue weighted by Gasteiger charge is 2.18.